The molecule has 0 aliphatic heterocycles. The summed E-state index contributed by atoms with van der Waals surface area (Å²) in [7, 11) is 0. The Labute approximate surface area is 170 Å². The Balaban J connectivity index is 1.88. The summed E-state index contributed by atoms with van der Waals surface area (Å²) < 4.78 is 3.73. The normalized spacial score (nSPS) is 11.1. The highest BCUT2D eigenvalue weighted by atomic mass is 79.9. The summed E-state index contributed by atoms with van der Waals surface area (Å²) >= 11 is 5.60. The molecule has 4 aromatic carbocycles. The summed E-state index contributed by atoms with van der Waals surface area (Å²) in [5.41, 5.74) is 3.51. The van der Waals surface area contributed by atoms with Crippen molar-refractivity contribution in [2.45, 2.75) is 0 Å². The van der Waals surface area contributed by atoms with E-state index in [1.165, 1.54) is 25.9 Å². The third-order valence-corrected chi connectivity index (χ3v) is 6.85. The summed E-state index contributed by atoms with van der Waals surface area (Å²) in [5, 5.41) is 2.59. The summed E-state index contributed by atoms with van der Waals surface area (Å²) in [5.74, 6) is 0. The number of para-hydroxylation sites is 2. The molecule has 0 saturated heterocycles. The molecule has 5 aromatic rings. The first-order valence-electron chi connectivity index (χ1n) is 8.83. The van der Waals surface area contributed by atoms with Gasteiger partial charge in [-0.15, -0.1) is 11.3 Å². The molecule has 1 nitrogen and oxygen atoms in total. The van der Waals surface area contributed by atoms with Gasteiger partial charge in [-0.3, -0.25) is 0 Å². The van der Waals surface area contributed by atoms with Gasteiger partial charge in [-0.25, -0.2) is 0 Å². The molecule has 3 heteroatoms. The van der Waals surface area contributed by atoms with Crippen LogP contribution < -0.4 is 4.90 Å². The Morgan fingerprint density at radius 3 is 1.89 bits per heavy atom. The molecule has 0 spiro atoms. The van der Waals surface area contributed by atoms with E-state index in [0.29, 0.717) is 0 Å². The molecule has 0 unspecified atom stereocenters. The zero-order valence-corrected chi connectivity index (χ0v) is 16.9. The fraction of sp³-hybridized carbons (Fsp3) is 0. The minimum atomic E-state index is 1.14. The molecule has 0 aliphatic rings. The van der Waals surface area contributed by atoms with Crippen molar-refractivity contribution in [1.29, 1.82) is 0 Å². The maximum Gasteiger partial charge on any atom is 0.0555 e. The zero-order chi connectivity index (χ0) is 18.2. The van der Waals surface area contributed by atoms with E-state index in [1.54, 1.807) is 0 Å². The first-order valence-corrected chi connectivity index (χ1v) is 10.4. The molecule has 1 aromatic heterocycles. The smallest absolute Gasteiger partial charge is 0.0555 e. The second-order valence-electron chi connectivity index (χ2n) is 6.38. The summed E-state index contributed by atoms with van der Waals surface area (Å²) in [6.45, 7) is 0. The second kappa shape index (κ2) is 6.84. The number of nitrogens with zero attached hydrogens (tertiary/aromatic N) is 1. The molecule has 0 radical (unpaired) electrons. The monoisotopic (exact) mass is 429 g/mol. The van der Waals surface area contributed by atoms with Gasteiger partial charge in [0.05, 0.1) is 10.4 Å². The highest BCUT2D eigenvalue weighted by Crippen LogP contribution is 2.46. The van der Waals surface area contributed by atoms with Crippen LogP contribution in [0.25, 0.3) is 20.2 Å². The van der Waals surface area contributed by atoms with Gasteiger partial charge in [0.15, 0.2) is 0 Å². The van der Waals surface area contributed by atoms with Crippen molar-refractivity contribution < 1.29 is 0 Å². The number of anilines is 3. The van der Waals surface area contributed by atoms with Crippen LogP contribution in [0.3, 0.4) is 0 Å². The third kappa shape index (κ3) is 2.84. The van der Waals surface area contributed by atoms with Gasteiger partial charge >= 0.3 is 0 Å². The lowest BCUT2D eigenvalue weighted by atomic mass is 10.1. The molecular formula is C24H16BrNS. The van der Waals surface area contributed by atoms with Crippen molar-refractivity contribution in [3.63, 3.8) is 0 Å². The summed E-state index contributed by atoms with van der Waals surface area (Å²) in [4.78, 5) is 2.34. The zero-order valence-electron chi connectivity index (χ0n) is 14.5. The van der Waals surface area contributed by atoms with Crippen molar-refractivity contribution >= 4 is 64.5 Å². The van der Waals surface area contributed by atoms with Crippen molar-refractivity contribution in [3.8, 4) is 0 Å². The fourth-order valence-electron chi connectivity index (χ4n) is 3.55. The minimum Gasteiger partial charge on any atom is -0.310 e. The van der Waals surface area contributed by atoms with Crippen molar-refractivity contribution in [2.24, 2.45) is 0 Å². The molecule has 0 N–H and O–H groups in total. The molecule has 0 atom stereocenters. The van der Waals surface area contributed by atoms with Crippen LogP contribution in [-0.2, 0) is 0 Å². The fourth-order valence-corrected chi connectivity index (χ4v) is 5.25. The maximum atomic E-state index is 3.76. The van der Waals surface area contributed by atoms with Crippen LogP contribution in [0.2, 0.25) is 0 Å². The van der Waals surface area contributed by atoms with Gasteiger partial charge < -0.3 is 4.90 Å². The van der Waals surface area contributed by atoms with Crippen LogP contribution in [0.15, 0.2) is 102 Å². The van der Waals surface area contributed by atoms with E-state index in [1.807, 2.05) is 11.3 Å². The number of halogens is 1. The lowest BCUT2D eigenvalue weighted by Crippen LogP contribution is -2.10. The van der Waals surface area contributed by atoms with Gasteiger partial charge in [-0.1, -0.05) is 54.6 Å². The Hall–Kier alpha value is -2.62. The summed E-state index contributed by atoms with van der Waals surface area (Å²) in [6.07, 6.45) is 0. The number of benzene rings is 4. The first-order chi connectivity index (χ1) is 13.3. The topological polar surface area (TPSA) is 3.24 Å². The number of rotatable bonds is 3. The van der Waals surface area contributed by atoms with E-state index >= 15 is 0 Å². The Kier molecular flexibility index (Phi) is 4.19. The van der Waals surface area contributed by atoms with Crippen molar-refractivity contribution in [2.75, 3.05) is 4.90 Å². The molecule has 0 saturated carbocycles. The SMILES string of the molecule is Brc1ccc(N(c2ccccc2)c2ccccc2)c2c1sc1ccccc12. The quantitative estimate of drug-likeness (QED) is 0.278. The van der Waals surface area contributed by atoms with Gasteiger partial charge in [0, 0.05) is 31.3 Å². The Bertz CT molecular complexity index is 1190. The number of fused-ring (bicyclic) bond motifs is 3. The van der Waals surface area contributed by atoms with Crippen molar-refractivity contribution in [1.82, 2.24) is 0 Å². The van der Waals surface area contributed by atoms with E-state index < -0.39 is 0 Å². The lowest BCUT2D eigenvalue weighted by Gasteiger charge is -2.26. The number of hydrogen-bond donors (Lipinski definition) is 0. The Morgan fingerprint density at radius 1 is 0.630 bits per heavy atom. The van der Waals surface area contributed by atoms with Gasteiger partial charge in [-0.2, -0.15) is 0 Å². The van der Waals surface area contributed by atoms with Crippen LogP contribution in [0.1, 0.15) is 0 Å². The van der Waals surface area contributed by atoms with Gasteiger partial charge in [0.25, 0.3) is 0 Å². The summed E-state index contributed by atoms with van der Waals surface area (Å²) in [6, 6.07) is 34.1. The molecule has 27 heavy (non-hydrogen) atoms. The maximum absolute atomic E-state index is 3.76. The van der Waals surface area contributed by atoms with Gasteiger partial charge in [-0.05, 0) is 58.4 Å². The van der Waals surface area contributed by atoms with E-state index in [9.17, 15) is 0 Å². The van der Waals surface area contributed by atoms with Crippen LogP contribution in [0, 0.1) is 0 Å². The van der Waals surface area contributed by atoms with Crippen LogP contribution in [0.5, 0.6) is 0 Å². The van der Waals surface area contributed by atoms with Crippen LogP contribution >= 0.6 is 27.3 Å². The van der Waals surface area contributed by atoms with E-state index in [0.717, 1.165) is 15.8 Å². The van der Waals surface area contributed by atoms with E-state index in [4.69, 9.17) is 0 Å². The molecule has 0 bridgehead atoms. The number of hydrogen-bond acceptors (Lipinski definition) is 2. The standard InChI is InChI=1S/C24H16BrNS/c25-20-15-16-21(23-19-13-7-8-14-22(19)27-24(20)23)26(17-9-3-1-4-10-17)18-11-5-2-6-12-18/h1-16H. The van der Waals surface area contributed by atoms with Gasteiger partial charge in [0.1, 0.15) is 0 Å². The van der Waals surface area contributed by atoms with Crippen molar-refractivity contribution in [3.05, 3.63) is 102 Å². The van der Waals surface area contributed by atoms with E-state index in [-0.39, 0.29) is 0 Å². The molecule has 0 fully saturated rings. The van der Waals surface area contributed by atoms with Crippen LogP contribution in [-0.4, -0.2) is 0 Å². The van der Waals surface area contributed by atoms with Gasteiger partial charge in [0.2, 0.25) is 0 Å². The predicted molar refractivity (Wildman–Crippen MR) is 122 cm³/mol. The first kappa shape index (κ1) is 16.5. The largest absolute Gasteiger partial charge is 0.310 e. The highest BCUT2D eigenvalue weighted by molar-refractivity contribution is 9.10. The predicted octanol–water partition coefficient (Wildman–Crippen LogP) is 8.29. The molecule has 0 aliphatic carbocycles. The van der Waals surface area contributed by atoms with E-state index in [2.05, 4.69) is 118 Å². The average molecular weight is 430 g/mol. The van der Waals surface area contributed by atoms with Crippen LogP contribution in [0.4, 0.5) is 17.1 Å². The third-order valence-electron chi connectivity index (χ3n) is 4.73. The molecule has 5 rings (SSSR count). The molecule has 130 valence electrons. The highest BCUT2D eigenvalue weighted by Gasteiger charge is 2.19. The molecule has 0 amide bonds. The average Bonchev–Trinajstić information content (AvgIpc) is 3.12. The minimum absolute atomic E-state index is 1.14. The number of thiophene rings is 1. The molecular weight excluding hydrogens is 414 g/mol. The Morgan fingerprint density at radius 2 is 1.22 bits per heavy atom. The second-order valence-corrected chi connectivity index (χ2v) is 8.28. The lowest BCUT2D eigenvalue weighted by molar-refractivity contribution is 1.30. The molecule has 1 heterocycles.